The average Bonchev–Trinajstić information content (AvgIpc) is 2.04. The summed E-state index contributed by atoms with van der Waals surface area (Å²) in [6, 6.07) is 0. The normalized spacial score (nSPS) is 29.4. The largest absolute Gasteiger partial charge is 0.432 e. The lowest BCUT2D eigenvalue weighted by atomic mass is 10.4. The Balaban J connectivity index is 2.31. The summed E-state index contributed by atoms with van der Waals surface area (Å²) in [6.07, 6.45) is 0.906. The van der Waals surface area contributed by atoms with Crippen LogP contribution >= 0.6 is 11.8 Å². The summed E-state index contributed by atoms with van der Waals surface area (Å²) in [4.78, 5) is 10.8. The molecule has 0 N–H and O–H groups in total. The van der Waals surface area contributed by atoms with Gasteiger partial charge in [0.25, 0.3) is 0 Å². The molecule has 0 aliphatic carbocycles. The van der Waals surface area contributed by atoms with Gasteiger partial charge in [0.15, 0.2) is 0 Å². The highest BCUT2D eigenvalue weighted by molar-refractivity contribution is 7.99. The summed E-state index contributed by atoms with van der Waals surface area (Å²) in [6.45, 7) is 5.27. The van der Waals surface area contributed by atoms with Gasteiger partial charge < -0.3 is 9.47 Å². The topological polar surface area (TPSA) is 35.5 Å². The number of thioether (sulfide) groups is 1. The zero-order valence-electron chi connectivity index (χ0n) is 6.99. The highest BCUT2D eigenvalue weighted by Gasteiger charge is 2.21. The molecule has 12 heavy (non-hydrogen) atoms. The molecule has 0 aromatic heterocycles. The summed E-state index contributed by atoms with van der Waals surface area (Å²) in [7, 11) is 0. The second-order valence-corrected chi connectivity index (χ2v) is 3.63. The van der Waals surface area contributed by atoms with Crippen LogP contribution in [0.3, 0.4) is 0 Å². The first-order chi connectivity index (χ1) is 5.72. The van der Waals surface area contributed by atoms with E-state index in [-0.39, 0.29) is 6.10 Å². The molecule has 2 unspecified atom stereocenters. The molecule has 1 heterocycles. The third kappa shape index (κ3) is 2.87. The molecule has 1 fully saturated rings. The van der Waals surface area contributed by atoms with Crippen LogP contribution in [0.5, 0.6) is 0 Å². The third-order valence-electron chi connectivity index (χ3n) is 1.40. The summed E-state index contributed by atoms with van der Waals surface area (Å²) >= 11 is 1.73. The Morgan fingerprint density at radius 1 is 1.75 bits per heavy atom. The minimum Gasteiger partial charge on any atom is -0.432 e. The lowest BCUT2D eigenvalue weighted by molar-refractivity contribution is -0.175. The van der Waals surface area contributed by atoms with Crippen molar-refractivity contribution in [2.75, 3.05) is 11.5 Å². The first-order valence-corrected chi connectivity index (χ1v) is 4.94. The maximum absolute atomic E-state index is 10.8. The van der Waals surface area contributed by atoms with Crippen molar-refractivity contribution in [3.8, 4) is 0 Å². The maximum Gasteiger partial charge on any atom is 0.332 e. The van der Waals surface area contributed by atoms with Gasteiger partial charge in [0, 0.05) is 11.8 Å². The highest BCUT2D eigenvalue weighted by Crippen LogP contribution is 2.18. The number of hydrogen-bond acceptors (Lipinski definition) is 4. The van der Waals surface area contributed by atoms with E-state index in [4.69, 9.17) is 9.47 Å². The first-order valence-electron chi connectivity index (χ1n) is 3.78. The molecule has 0 radical (unpaired) electrons. The molecule has 1 aliphatic heterocycles. The number of carbonyl (C=O) groups excluding carboxylic acids is 1. The van der Waals surface area contributed by atoms with E-state index in [0.29, 0.717) is 5.75 Å². The second kappa shape index (κ2) is 4.52. The van der Waals surface area contributed by atoms with Gasteiger partial charge >= 0.3 is 5.97 Å². The molecule has 1 saturated heterocycles. The number of carbonyl (C=O) groups is 1. The van der Waals surface area contributed by atoms with E-state index in [0.717, 1.165) is 11.8 Å². The van der Waals surface area contributed by atoms with Crippen molar-refractivity contribution in [3.05, 3.63) is 12.7 Å². The monoisotopic (exact) mass is 188 g/mol. The van der Waals surface area contributed by atoms with E-state index in [9.17, 15) is 4.79 Å². The molecule has 0 amide bonds. The molecular weight excluding hydrogens is 176 g/mol. The van der Waals surface area contributed by atoms with Gasteiger partial charge in [0.1, 0.15) is 0 Å². The zero-order chi connectivity index (χ0) is 8.97. The Bertz CT molecular complexity index is 181. The first kappa shape index (κ1) is 9.61. The molecule has 0 spiro atoms. The predicted octanol–water partition coefficient (Wildman–Crippen LogP) is 1.19. The average molecular weight is 188 g/mol. The molecule has 0 saturated carbocycles. The Morgan fingerprint density at radius 2 is 2.50 bits per heavy atom. The Kier molecular flexibility index (Phi) is 3.62. The van der Waals surface area contributed by atoms with Gasteiger partial charge in [-0.15, -0.1) is 0 Å². The van der Waals surface area contributed by atoms with Crippen LogP contribution in [0.2, 0.25) is 0 Å². The molecule has 1 aliphatic rings. The van der Waals surface area contributed by atoms with Gasteiger partial charge in [-0.25, -0.2) is 4.79 Å². The van der Waals surface area contributed by atoms with Crippen molar-refractivity contribution in [2.24, 2.45) is 0 Å². The maximum atomic E-state index is 10.8. The second-order valence-electron chi connectivity index (χ2n) is 2.55. The SMILES string of the molecule is C=CC(=O)OC1CSCC(C)O1. The van der Waals surface area contributed by atoms with Gasteiger partial charge in [-0.1, -0.05) is 6.58 Å². The summed E-state index contributed by atoms with van der Waals surface area (Å²) in [5.74, 6) is 1.25. The Hall–Kier alpha value is -0.480. The fourth-order valence-electron chi connectivity index (χ4n) is 0.907. The van der Waals surface area contributed by atoms with E-state index in [1.54, 1.807) is 11.8 Å². The standard InChI is InChI=1S/C8H12O3S/c1-3-7(9)11-8-5-12-4-6(2)10-8/h3,6,8H,1,4-5H2,2H3. The number of hydrogen-bond donors (Lipinski definition) is 0. The quantitative estimate of drug-likeness (QED) is 0.482. The van der Waals surface area contributed by atoms with Crippen molar-refractivity contribution >= 4 is 17.7 Å². The fourth-order valence-corrected chi connectivity index (χ4v) is 1.79. The molecule has 0 bridgehead atoms. The molecular formula is C8H12O3S. The number of esters is 1. The molecule has 0 aromatic carbocycles. The summed E-state index contributed by atoms with van der Waals surface area (Å²) in [5, 5.41) is 0. The van der Waals surface area contributed by atoms with Gasteiger partial charge in [-0.2, -0.15) is 11.8 Å². The predicted molar refractivity (Wildman–Crippen MR) is 47.9 cm³/mol. The lowest BCUT2D eigenvalue weighted by Gasteiger charge is -2.26. The minimum absolute atomic E-state index is 0.159. The number of ether oxygens (including phenoxy) is 2. The van der Waals surface area contributed by atoms with Crippen LogP contribution in [0.4, 0.5) is 0 Å². The van der Waals surface area contributed by atoms with Crippen LogP contribution in [-0.2, 0) is 14.3 Å². The van der Waals surface area contributed by atoms with Crippen molar-refractivity contribution in [1.82, 2.24) is 0 Å². The van der Waals surface area contributed by atoms with Crippen molar-refractivity contribution in [3.63, 3.8) is 0 Å². The fraction of sp³-hybridized carbons (Fsp3) is 0.625. The molecule has 0 aromatic rings. The van der Waals surface area contributed by atoms with Gasteiger partial charge in [0.2, 0.25) is 6.29 Å². The molecule has 3 nitrogen and oxygen atoms in total. The zero-order valence-corrected chi connectivity index (χ0v) is 7.80. The van der Waals surface area contributed by atoms with Crippen molar-refractivity contribution < 1.29 is 14.3 Å². The van der Waals surface area contributed by atoms with E-state index in [1.165, 1.54) is 0 Å². The van der Waals surface area contributed by atoms with Crippen LogP contribution in [0, 0.1) is 0 Å². The van der Waals surface area contributed by atoms with Crippen molar-refractivity contribution in [2.45, 2.75) is 19.3 Å². The Labute approximate surface area is 76.1 Å². The van der Waals surface area contributed by atoms with E-state index in [1.807, 2.05) is 6.92 Å². The van der Waals surface area contributed by atoms with Gasteiger partial charge in [-0.05, 0) is 6.92 Å². The van der Waals surface area contributed by atoms with Crippen LogP contribution in [0.25, 0.3) is 0 Å². The van der Waals surface area contributed by atoms with E-state index in [2.05, 4.69) is 6.58 Å². The lowest BCUT2D eigenvalue weighted by Crippen LogP contribution is -2.32. The summed E-state index contributed by atoms with van der Waals surface area (Å²) in [5.41, 5.74) is 0. The van der Waals surface area contributed by atoms with E-state index < -0.39 is 12.3 Å². The third-order valence-corrected chi connectivity index (χ3v) is 2.62. The smallest absolute Gasteiger partial charge is 0.332 e. The van der Waals surface area contributed by atoms with Crippen LogP contribution in [0.1, 0.15) is 6.92 Å². The van der Waals surface area contributed by atoms with Crippen LogP contribution in [-0.4, -0.2) is 29.9 Å². The molecule has 2 atom stereocenters. The van der Waals surface area contributed by atoms with Gasteiger partial charge in [0.05, 0.1) is 11.9 Å². The highest BCUT2D eigenvalue weighted by atomic mass is 32.2. The van der Waals surface area contributed by atoms with Gasteiger partial charge in [-0.3, -0.25) is 0 Å². The molecule has 68 valence electrons. The number of rotatable bonds is 2. The van der Waals surface area contributed by atoms with Crippen LogP contribution in [0.15, 0.2) is 12.7 Å². The minimum atomic E-state index is -0.422. The molecule has 1 rings (SSSR count). The van der Waals surface area contributed by atoms with E-state index >= 15 is 0 Å². The van der Waals surface area contributed by atoms with Crippen LogP contribution < -0.4 is 0 Å². The van der Waals surface area contributed by atoms with Crippen molar-refractivity contribution in [1.29, 1.82) is 0 Å². The Morgan fingerprint density at radius 3 is 3.08 bits per heavy atom. The molecule has 4 heteroatoms. The summed E-state index contributed by atoms with van der Waals surface area (Å²) < 4.78 is 10.3.